The van der Waals surface area contributed by atoms with Crippen molar-refractivity contribution in [2.45, 2.75) is 24.8 Å². The Hall–Kier alpha value is -2.13. The van der Waals surface area contributed by atoms with Crippen molar-refractivity contribution in [2.75, 3.05) is 7.11 Å². The summed E-state index contributed by atoms with van der Waals surface area (Å²) < 4.78 is 31.5. The molecule has 0 saturated heterocycles. The Bertz CT molecular complexity index is 653. The number of amidine groups is 1. The summed E-state index contributed by atoms with van der Waals surface area (Å²) in [7, 11) is -2.71. The standard InChI is InChI=1S/C13H19N3O5S/c1-8(2)11(13(17)21-3)16-22(19,20)10-6-4-9(5-7-10)12(14)15-18/h4-8,11,16,18H,1-3H3,(H2,14,15)/t11-/m1/s1. The van der Waals surface area contributed by atoms with E-state index in [0.29, 0.717) is 5.56 Å². The minimum absolute atomic E-state index is 0.0449. The fourth-order valence-electron chi connectivity index (χ4n) is 1.68. The molecular formula is C13H19N3O5S. The van der Waals surface area contributed by atoms with E-state index in [2.05, 4.69) is 14.6 Å². The van der Waals surface area contributed by atoms with Gasteiger partial charge in [-0.1, -0.05) is 19.0 Å². The molecule has 0 aliphatic carbocycles. The maximum Gasteiger partial charge on any atom is 0.324 e. The lowest BCUT2D eigenvalue weighted by Gasteiger charge is -2.19. The minimum Gasteiger partial charge on any atom is -0.468 e. The van der Waals surface area contributed by atoms with Crippen molar-refractivity contribution in [1.82, 2.24) is 4.72 Å². The molecule has 1 atom stereocenters. The van der Waals surface area contributed by atoms with Crippen LogP contribution in [-0.4, -0.2) is 38.6 Å². The molecule has 22 heavy (non-hydrogen) atoms. The summed E-state index contributed by atoms with van der Waals surface area (Å²) in [5, 5.41) is 11.4. The van der Waals surface area contributed by atoms with E-state index in [0.717, 1.165) is 0 Å². The summed E-state index contributed by atoms with van der Waals surface area (Å²) in [5.41, 5.74) is 5.78. The van der Waals surface area contributed by atoms with Crippen LogP contribution in [0.25, 0.3) is 0 Å². The van der Waals surface area contributed by atoms with Gasteiger partial charge in [-0.25, -0.2) is 8.42 Å². The summed E-state index contributed by atoms with van der Waals surface area (Å²) in [5.74, 6) is -1.07. The van der Waals surface area contributed by atoms with Gasteiger partial charge in [-0.2, -0.15) is 4.72 Å². The fraction of sp³-hybridized carbons (Fsp3) is 0.385. The Morgan fingerprint density at radius 3 is 2.27 bits per heavy atom. The van der Waals surface area contributed by atoms with E-state index in [1.807, 2.05) is 0 Å². The van der Waals surface area contributed by atoms with Crippen LogP contribution in [-0.2, 0) is 19.6 Å². The summed E-state index contributed by atoms with van der Waals surface area (Å²) in [4.78, 5) is 11.6. The molecule has 0 saturated carbocycles. The van der Waals surface area contributed by atoms with Gasteiger partial charge in [0.05, 0.1) is 12.0 Å². The number of rotatable bonds is 6. The van der Waals surface area contributed by atoms with E-state index in [1.54, 1.807) is 13.8 Å². The molecule has 8 nitrogen and oxygen atoms in total. The van der Waals surface area contributed by atoms with Gasteiger partial charge in [0.25, 0.3) is 0 Å². The third-order valence-electron chi connectivity index (χ3n) is 2.97. The fourth-order valence-corrected chi connectivity index (χ4v) is 3.01. The first kappa shape index (κ1) is 17.9. The summed E-state index contributed by atoms with van der Waals surface area (Å²) in [6.07, 6.45) is 0. The van der Waals surface area contributed by atoms with Crippen LogP contribution in [0.15, 0.2) is 34.3 Å². The van der Waals surface area contributed by atoms with Gasteiger partial charge in [-0.05, 0) is 30.2 Å². The Kier molecular flexibility index (Phi) is 5.89. The van der Waals surface area contributed by atoms with Crippen molar-refractivity contribution in [3.8, 4) is 0 Å². The number of carbonyl (C=O) groups is 1. The lowest BCUT2D eigenvalue weighted by atomic mass is 10.1. The number of methoxy groups -OCH3 is 1. The number of carbonyl (C=O) groups excluding carboxylic acids is 1. The molecule has 0 spiro atoms. The Morgan fingerprint density at radius 1 is 1.32 bits per heavy atom. The molecule has 1 aromatic carbocycles. The highest BCUT2D eigenvalue weighted by molar-refractivity contribution is 7.89. The summed E-state index contributed by atoms with van der Waals surface area (Å²) in [6.45, 7) is 3.40. The number of hydrogen-bond donors (Lipinski definition) is 3. The molecule has 4 N–H and O–H groups in total. The highest BCUT2D eigenvalue weighted by Crippen LogP contribution is 2.14. The smallest absolute Gasteiger partial charge is 0.324 e. The minimum atomic E-state index is -3.90. The number of benzene rings is 1. The van der Waals surface area contributed by atoms with E-state index in [1.165, 1.54) is 31.4 Å². The normalized spacial score (nSPS) is 13.9. The molecule has 0 amide bonds. The lowest BCUT2D eigenvalue weighted by molar-refractivity contribution is -0.143. The molecule has 0 aliphatic heterocycles. The number of nitrogens with one attached hydrogen (secondary N) is 1. The largest absolute Gasteiger partial charge is 0.468 e. The predicted molar refractivity (Wildman–Crippen MR) is 79.9 cm³/mol. The number of hydrogen-bond acceptors (Lipinski definition) is 6. The van der Waals surface area contributed by atoms with Crippen LogP contribution < -0.4 is 10.5 Å². The molecule has 0 heterocycles. The topological polar surface area (TPSA) is 131 Å². The number of esters is 1. The second kappa shape index (κ2) is 7.23. The van der Waals surface area contributed by atoms with E-state index in [-0.39, 0.29) is 16.6 Å². The lowest BCUT2D eigenvalue weighted by Crippen LogP contribution is -2.44. The molecular weight excluding hydrogens is 310 g/mol. The first-order chi connectivity index (χ1) is 10.2. The molecule has 0 fully saturated rings. The molecule has 0 bridgehead atoms. The van der Waals surface area contributed by atoms with Crippen LogP contribution in [0.5, 0.6) is 0 Å². The SMILES string of the molecule is COC(=O)[C@H](NS(=O)(=O)c1ccc(C(N)=NO)cc1)C(C)C. The quantitative estimate of drug-likeness (QED) is 0.225. The zero-order valence-electron chi connectivity index (χ0n) is 12.5. The molecule has 0 radical (unpaired) electrons. The van der Waals surface area contributed by atoms with Crippen LogP contribution in [0, 0.1) is 5.92 Å². The Labute approximate surface area is 129 Å². The van der Waals surface area contributed by atoms with Crippen molar-refractivity contribution in [2.24, 2.45) is 16.8 Å². The average molecular weight is 329 g/mol. The predicted octanol–water partition coefficient (Wildman–Crippen LogP) is 0.257. The Morgan fingerprint density at radius 2 is 1.86 bits per heavy atom. The zero-order valence-corrected chi connectivity index (χ0v) is 13.3. The van der Waals surface area contributed by atoms with Crippen molar-refractivity contribution in [3.63, 3.8) is 0 Å². The van der Waals surface area contributed by atoms with Crippen molar-refractivity contribution in [1.29, 1.82) is 0 Å². The van der Waals surface area contributed by atoms with E-state index in [9.17, 15) is 13.2 Å². The number of nitrogens with zero attached hydrogens (tertiary/aromatic N) is 1. The number of oxime groups is 1. The second-order valence-electron chi connectivity index (χ2n) is 4.88. The van der Waals surface area contributed by atoms with Crippen LogP contribution in [0.3, 0.4) is 0 Å². The third kappa shape index (κ3) is 4.18. The van der Waals surface area contributed by atoms with Crippen LogP contribution in [0.2, 0.25) is 0 Å². The van der Waals surface area contributed by atoms with Crippen molar-refractivity contribution in [3.05, 3.63) is 29.8 Å². The van der Waals surface area contributed by atoms with Crippen LogP contribution >= 0.6 is 0 Å². The van der Waals surface area contributed by atoms with Crippen LogP contribution in [0.4, 0.5) is 0 Å². The first-order valence-electron chi connectivity index (χ1n) is 6.41. The summed E-state index contributed by atoms with van der Waals surface area (Å²) in [6, 6.07) is 4.39. The molecule has 0 aliphatic rings. The van der Waals surface area contributed by atoms with Crippen molar-refractivity contribution < 1.29 is 23.2 Å². The molecule has 1 rings (SSSR count). The second-order valence-corrected chi connectivity index (χ2v) is 6.59. The van der Waals surface area contributed by atoms with Gasteiger partial charge in [-0.3, -0.25) is 4.79 Å². The van der Waals surface area contributed by atoms with E-state index < -0.39 is 22.0 Å². The van der Waals surface area contributed by atoms with Gasteiger partial charge in [0.1, 0.15) is 6.04 Å². The monoisotopic (exact) mass is 329 g/mol. The van der Waals surface area contributed by atoms with Crippen molar-refractivity contribution >= 4 is 21.8 Å². The van der Waals surface area contributed by atoms with Gasteiger partial charge < -0.3 is 15.7 Å². The zero-order chi connectivity index (χ0) is 16.9. The van der Waals surface area contributed by atoms with Gasteiger partial charge in [0.2, 0.25) is 10.0 Å². The number of nitrogens with two attached hydrogens (primary N) is 1. The molecule has 1 aromatic rings. The molecule has 0 unspecified atom stereocenters. The van der Waals surface area contributed by atoms with Gasteiger partial charge in [0.15, 0.2) is 5.84 Å². The maximum absolute atomic E-state index is 12.3. The number of sulfonamides is 1. The van der Waals surface area contributed by atoms with Gasteiger partial charge >= 0.3 is 5.97 Å². The maximum atomic E-state index is 12.3. The summed E-state index contributed by atoms with van der Waals surface area (Å²) >= 11 is 0. The molecule has 122 valence electrons. The molecule has 9 heteroatoms. The van der Waals surface area contributed by atoms with E-state index >= 15 is 0 Å². The average Bonchev–Trinajstić information content (AvgIpc) is 2.51. The van der Waals surface area contributed by atoms with Gasteiger partial charge in [0, 0.05) is 5.56 Å². The third-order valence-corrected chi connectivity index (χ3v) is 4.43. The Balaban J connectivity index is 3.06. The molecule has 0 aromatic heterocycles. The van der Waals surface area contributed by atoms with Crippen LogP contribution in [0.1, 0.15) is 19.4 Å². The van der Waals surface area contributed by atoms with Gasteiger partial charge in [-0.15, -0.1) is 0 Å². The number of ether oxygens (including phenoxy) is 1. The van der Waals surface area contributed by atoms with E-state index in [4.69, 9.17) is 10.9 Å². The highest BCUT2D eigenvalue weighted by Gasteiger charge is 2.29. The first-order valence-corrected chi connectivity index (χ1v) is 7.89. The highest BCUT2D eigenvalue weighted by atomic mass is 32.2.